The Morgan fingerprint density at radius 2 is 2.32 bits per heavy atom. The van der Waals surface area contributed by atoms with Gasteiger partial charge in [0, 0.05) is 13.2 Å². The fourth-order valence-corrected chi connectivity index (χ4v) is 1.90. The Hall–Kier alpha value is -2.01. The van der Waals surface area contributed by atoms with Gasteiger partial charge in [-0.1, -0.05) is 11.6 Å². The number of nitrogens with zero attached hydrogens (tertiary/aromatic N) is 1. The fourth-order valence-electron chi connectivity index (χ4n) is 1.63. The van der Waals surface area contributed by atoms with Crippen molar-refractivity contribution in [3.8, 4) is 0 Å². The van der Waals surface area contributed by atoms with Crippen LogP contribution in [0.15, 0.2) is 35.1 Å². The summed E-state index contributed by atoms with van der Waals surface area (Å²) in [5.41, 5.74) is 0.405. The van der Waals surface area contributed by atoms with Gasteiger partial charge in [0.15, 0.2) is 0 Å². The lowest BCUT2D eigenvalue weighted by molar-refractivity contribution is 0.0935. The Bertz CT molecular complexity index is 569. The number of furan rings is 1. The van der Waals surface area contributed by atoms with Gasteiger partial charge in [0.05, 0.1) is 22.9 Å². The molecule has 0 spiro atoms. The Morgan fingerprint density at radius 3 is 2.89 bits per heavy atom. The van der Waals surface area contributed by atoms with E-state index in [1.54, 1.807) is 31.5 Å². The minimum absolute atomic E-state index is 0.217. The quantitative estimate of drug-likeness (QED) is 0.903. The van der Waals surface area contributed by atoms with Crippen molar-refractivity contribution in [1.82, 2.24) is 10.3 Å². The number of aromatic nitrogens is 1. The van der Waals surface area contributed by atoms with Crippen molar-refractivity contribution in [1.29, 1.82) is 0 Å². The largest absolute Gasteiger partial charge is 0.467 e. The number of pyridine rings is 1. The molecule has 5 nitrogen and oxygen atoms in total. The first kappa shape index (κ1) is 13.4. The molecule has 2 rings (SSSR count). The Labute approximate surface area is 116 Å². The van der Waals surface area contributed by atoms with E-state index in [-0.39, 0.29) is 11.9 Å². The van der Waals surface area contributed by atoms with Gasteiger partial charge in [-0.3, -0.25) is 4.79 Å². The summed E-state index contributed by atoms with van der Waals surface area (Å²) < 4.78 is 5.23. The van der Waals surface area contributed by atoms with E-state index in [9.17, 15) is 4.79 Å². The Balaban J connectivity index is 2.10. The Morgan fingerprint density at radius 1 is 1.53 bits per heavy atom. The van der Waals surface area contributed by atoms with Crippen molar-refractivity contribution in [3.05, 3.63) is 47.0 Å². The summed E-state index contributed by atoms with van der Waals surface area (Å²) in [6.07, 6.45) is 3.04. The van der Waals surface area contributed by atoms with Gasteiger partial charge in [0.2, 0.25) is 0 Å². The molecule has 0 saturated heterocycles. The molecule has 6 heteroatoms. The maximum absolute atomic E-state index is 12.0. The van der Waals surface area contributed by atoms with E-state index in [1.807, 2.05) is 6.92 Å². The first-order valence-corrected chi connectivity index (χ1v) is 6.17. The molecule has 100 valence electrons. The van der Waals surface area contributed by atoms with Crippen molar-refractivity contribution in [2.75, 3.05) is 12.4 Å². The minimum Gasteiger partial charge on any atom is -0.467 e. The highest BCUT2D eigenvalue weighted by molar-refractivity contribution is 6.33. The molecule has 1 atom stereocenters. The molecular weight excluding hydrogens is 266 g/mol. The number of nitrogens with one attached hydrogen (secondary N) is 2. The van der Waals surface area contributed by atoms with E-state index in [4.69, 9.17) is 16.0 Å². The SMILES string of the molecule is CNc1ncc(C(=O)NC(C)c2ccco2)cc1Cl. The van der Waals surface area contributed by atoms with Gasteiger partial charge < -0.3 is 15.1 Å². The number of carbonyl (C=O) groups excluding carboxylic acids is 1. The lowest BCUT2D eigenvalue weighted by Crippen LogP contribution is -2.26. The number of hydrogen-bond acceptors (Lipinski definition) is 4. The van der Waals surface area contributed by atoms with Crippen LogP contribution < -0.4 is 10.6 Å². The van der Waals surface area contributed by atoms with Crippen LogP contribution in [0.2, 0.25) is 5.02 Å². The normalized spacial score (nSPS) is 11.9. The second-order valence-corrected chi connectivity index (χ2v) is 4.42. The highest BCUT2D eigenvalue weighted by Crippen LogP contribution is 2.20. The smallest absolute Gasteiger partial charge is 0.253 e. The molecule has 2 aromatic rings. The molecule has 0 fully saturated rings. The average Bonchev–Trinajstić information content (AvgIpc) is 2.92. The standard InChI is InChI=1S/C13H14ClN3O2/c1-8(11-4-3-5-19-11)17-13(18)9-6-10(14)12(15-2)16-7-9/h3-8H,1-2H3,(H,15,16)(H,17,18). The molecule has 0 bridgehead atoms. The number of anilines is 1. The topological polar surface area (TPSA) is 67.2 Å². The number of carbonyl (C=O) groups is 1. The van der Waals surface area contributed by atoms with Gasteiger partial charge in [-0.25, -0.2) is 4.98 Å². The average molecular weight is 280 g/mol. The zero-order valence-electron chi connectivity index (χ0n) is 10.6. The minimum atomic E-state index is -0.249. The molecule has 0 aliphatic heterocycles. The second-order valence-electron chi connectivity index (χ2n) is 4.01. The third kappa shape index (κ3) is 3.06. The maximum Gasteiger partial charge on any atom is 0.253 e. The van der Waals surface area contributed by atoms with E-state index in [1.165, 1.54) is 6.20 Å². The van der Waals surface area contributed by atoms with Crippen LogP contribution in [0.5, 0.6) is 0 Å². The summed E-state index contributed by atoms with van der Waals surface area (Å²) in [5.74, 6) is 0.984. The van der Waals surface area contributed by atoms with E-state index >= 15 is 0 Å². The molecule has 0 radical (unpaired) electrons. The number of halogens is 1. The number of hydrogen-bond donors (Lipinski definition) is 2. The van der Waals surface area contributed by atoms with Crippen molar-refractivity contribution in [2.24, 2.45) is 0 Å². The van der Waals surface area contributed by atoms with Crippen LogP contribution in [0.3, 0.4) is 0 Å². The van der Waals surface area contributed by atoms with Crippen LogP contribution in [0.1, 0.15) is 29.1 Å². The third-order valence-electron chi connectivity index (χ3n) is 2.66. The van der Waals surface area contributed by atoms with Crippen molar-refractivity contribution in [2.45, 2.75) is 13.0 Å². The molecule has 2 aromatic heterocycles. The summed E-state index contributed by atoms with van der Waals surface area (Å²) in [6, 6.07) is 4.94. The van der Waals surface area contributed by atoms with E-state index in [0.29, 0.717) is 22.2 Å². The molecule has 2 heterocycles. The Kier molecular flexibility index (Phi) is 4.06. The fraction of sp³-hybridized carbons (Fsp3) is 0.231. The first-order chi connectivity index (χ1) is 9.11. The molecule has 2 N–H and O–H groups in total. The van der Waals surface area contributed by atoms with E-state index in [0.717, 1.165) is 0 Å². The zero-order valence-corrected chi connectivity index (χ0v) is 11.4. The zero-order chi connectivity index (χ0) is 13.8. The highest BCUT2D eigenvalue weighted by atomic mass is 35.5. The number of rotatable bonds is 4. The van der Waals surface area contributed by atoms with Gasteiger partial charge in [-0.2, -0.15) is 0 Å². The van der Waals surface area contributed by atoms with Crippen molar-refractivity contribution >= 4 is 23.3 Å². The summed E-state index contributed by atoms with van der Waals surface area (Å²) in [5, 5.41) is 6.05. The lowest BCUT2D eigenvalue weighted by atomic mass is 10.2. The highest BCUT2D eigenvalue weighted by Gasteiger charge is 2.14. The van der Waals surface area contributed by atoms with Gasteiger partial charge in [-0.15, -0.1) is 0 Å². The van der Waals surface area contributed by atoms with Crippen molar-refractivity contribution in [3.63, 3.8) is 0 Å². The molecule has 0 aliphatic carbocycles. The third-order valence-corrected chi connectivity index (χ3v) is 2.95. The summed E-state index contributed by atoms with van der Waals surface area (Å²) in [6.45, 7) is 1.84. The van der Waals surface area contributed by atoms with Crippen LogP contribution in [0.4, 0.5) is 5.82 Å². The number of amides is 1. The van der Waals surface area contributed by atoms with Crippen LogP contribution in [-0.4, -0.2) is 17.9 Å². The lowest BCUT2D eigenvalue weighted by Gasteiger charge is -2.12. The van der Waals surface area contributed by atoms with Crippen LogP contribution in [-0.2, 0) is 0 Å². The molecule has 19 heavy (non-hydrogen) atoms. The monoisotopic (exact) mass is 279 g/mol. The maximum atomic E-state index is 12.0. The molecule has 0 aliphatic rings. The molecule has 0 saturated carbocycles. The summed E-state index contributed by atoms with van der Waals surface area (Å²) in [4.78, 5) is 16.1. The van der Waals surface area contributed by atoms with Crippen molar-refractivity contribution < 1.29 is 9.21 Å². The van der Waals surface area contributed by atoms with Gasteiger partial charge >= 0.3 is 0 Å². The first-order valence-electron chi connectivity index (χ1n) is 5.79. The molecule has 0 aromatic carbocycles. The van der Waals surface area contributed by atoms with E-state index in [2.05, 4.69) is 15.6 Å². The predicted octanol–water partition coefficient (Wildman–Crippen LogP) is 2.86. The second kappa shape index (κ2) is 5.75. The van der Waals surface area contributed by atoms with Crippen LogP contribution in [0.25, 0.3) is 0 Å². The van der Waals surface area contributed by atoms with Gasteiger partial charge in [-0.05, 0) is 25.1 Å². The van der Waals surface area contributed by atoms with Gasteiger partial charge in [0.1, 0.15) is 11.6 Å². The summed E-state index contributed by atoms with van der Waals surface area (Å²) >= 11 is 5.99. The van der Waals surface area contributed by atoms with Crippen LogP contribution in [0, 0.1) is 0 Å². The summed E-state index contributed by atoms with van der Waals surface area (Å²) in [7, 11) is 1.72. The van der Waals surface area contributed by atoms with Crippen LogP contribution >= 0.6 is 11.6 Å². The predicted molar refractivity (Wildman–Crippen MR) is 73.4 cm³/mol. The molecule has 1 unspecified atom stereocenters. The van der Waals surface area contributed by atoms with E-state index < -0.39 is 0 Å². The van der Waals surface area contributed by atoms with Gasteiger partial charge in [0.25, 0.3) is 5.91 Å². The molecule has 1 amide bonds. The molecular formula is C13H14ClN3O2.